The molecule has 0 aromatic carbocycles. The molecule has 1 saturated heterocycles. The highest BCUT2D eigenvalue weighted by molar-refractivity contribution is 14.1. The van der Waals surface area contributed by atoms with Crippen molar-refractivity contribution in [2.75, 3.05) is 18.4 Å². The summed E-state index contributed by atoms with van der Waals surface area (Å²) in [6.07, 6.45) is 6.41. The molecule has 0 saturated carbocycles. The van der Waals surface area contributed by atoms with Crippen molar-refractivity contribution in [1.29, 1.82) is 0 Å². The maximum absolute atomic E-state index is 12.0. The maximum Gasteiger partial charge on any atom is 0.323 e. The van der Waals surface area contributed by atoms with Crippen molar-refractivity contribution in [3.63, 3.8) is 0 Å². The first-order chi connectivity index (χ1) is 8.25. The van der Waals surface area contributed by atoms with Crippen LogP contribution in [-0.4, -0.2) is 29.0 Å². The zero-order valence-electron chi connectivity index (χ0n) is 9.66. The van der Waals surface area contributed by atoms with Gasteiger partial charge < -0.3 is 4.90 Å². The van der Waals surface area contributed by atoms with Crippen LogP contribution in [0, 0.1) is 3.57 Å². The normalized spacial score (nSPS) is 16.4. The van der Waals surface area contributed by atoms with Crippen LogP contribution in [0.2, 0.25) is 0 Å². The Balaban J connectivity index is 1.93. The number of nitrogens with one attached hydrogen (secondary N) is 1. The van der Waals surface area contributed by atoms with E-state index in [1.807, 2.05) is 17.0 Å². The molecule has 0 atom stereocenters. The highest BCUT2D eigenvalue weighted by atomic mass is 127. The number of hydrogen-bond acceptors (Lipinski definition) is 2. The van der Waals surface area contributed by atoms with E-state index >= 15 is 0 Å². The fourth-order valence-corrected chi connectivity index (χ4v) is 2.23. The van der Waals surface area contributed by atoms with Gasteiger partial charge in [0, 0.05) is 22.9 Å². The summed E-state index contributed by atoms with van der Waals surface area (Å²) >= 11 is 2.19. The summed E-state index contributed by atoms with van der Waals surface area (Å²) in [5.41, 5.74) is 0. The Morgan fingerprint density at radius 3 is 2.53 bits per heavy atom. The van der Waals surface area contributed by atoms with Crippen LogP contribution in [0.15, 0.2) is 18.3 Å². The molecule has 2 heterocycles. The lowest BCUT2D eigenvalue weighted by Gasteiger charge is -2.20. The standard InChI is InChI=1S/C12H16IN3O/c13-10-5-6-11(14-9-10)15-12(17)16-7-3-1-2-4-8-16/h5-6,9H,1-4,7-8H2,(H,14,15,17). The lowest BCUT2D eigenvalue weighted by atomic mass is 10.2. The van der Waals surface area contributed by atoms with Gasteiger partial charge in [-0.25, -0.2) is 9.78 Å². The van der Waals surface area contributed by atoms with Crippen LogP contribution < -0.4 is 5.32 Å². The van der Waals surface area contributed by atoms with Gasteiger partial charge in [0.1, 0.15) is 5.82 Å². The first kappa shape index (κ1) is 12.6. The van der Waals surface area contributed by atoms with Gasteiger partial charge >= 0.3 is 6.03 Å². The van der Waals surface area contributed by atoms with Crippen LogP contribution in [-0.2, 0) is 0 Å². The van der Waals surface area contributed by atoms with Gasteiger partial charge in [0.25, 0.3) is 0 Å². The molecule has 92 valence electrons. The van der Waals surface area contributed by atoms with Crippen molar-refractivity contribution in [2.24, 2.45) is 0 Å². The Kier molecular flexibility index (Phi) is 4.58. The SMILES string of the molecule is O=C(Nc1ccc(I)cn1)N1CCCCCC1. The summed E-state index contributed by atoms with van der Waals surface area (Å²) in [6, 6.07) is 3.74. The zero-order valence-corrected chi connectivity index (χ0v) is 11.8. The van der Waals surface area contributed by atoms with E-state index in [4.69, 9.17) is 0 Å². The average molecular weight is 345 g/mol. The summed E-state index contributed by atoms with van der Waals surface area (Å²) in [4.78, 5) is 18.0. The van der Waals surface area contributed by atoms with Crippen molar-refractivity contribution in [2.45, 2.75) is 25.7 Å². The number of aromatic nitrogens is 1. The lowest BCUT2D eigenvalue weighted by Crippen LogP contribution is -2.35. The highest BCUT2D eigenvalue weighted by Crippen LogP contribution is 2.12. The molecule has 1 aromatic rings. The molecule has 1 fully saturated rings. The molecule has 0 bridgehead atoms. The summed E-state index contributed by atoms with van der Waals surface area (Å²) in [5.74, 6) is 0.625. The monoisotopic (exact) mass is 345 g/mol. The van der Waals surface area contributed by atoms with Gasteiger partial charge in [0.15, 0.2) is 0 Å². The molecule has 4 nitrogen and oxygen atoms in total. The van der Waals surface area contributed by atoms with Gasteiger partial charge in [0.2, 0.25) is 0 Å². The van der Waals surface area contributed by atoms with E-state index in [9.17, 15) is 4.79 Å². The average Bonchev–Trinajstić information content (AvgIpc) is 2.61. The first-order valence-electron chi connectivity index (χ1n) is 5.93. The Morgan fingerprint density at radius 1 is 1.24 bits per heavy atom. The molecule has 1 aromatic heterocycles. The Morgan fingerprint density at radius 2 is 1.94 bits per heavy atom. The highest BCUT2D eigenvalue weighted by Gasteiger charge is 2.15. The number of hydrogen-bond donors (Lipinski definition) is 1. The van der Waals surface area contributed by atoms with Crippen molar-refractivity contribution in [1.82, 2.24) is 9.88 Å². The Bertz CT molecular complexity index is 372. The number of rotatable bonds is 1. The molecule has 1 aliphatic heterocycles. The van der Waals surface area contributed by atoms with Crippen LogP contribution >= 0.6 is 22.6 Å². The summed E-state index contributed by atoms with van der Waals surface area (Å²) in [7, 11) is 0. The van der Waals surface area contributed by atoms with Crippen molar-refractivity contribution < 1.29 is 4.79 Å². The summed E-state index contributed by atoms with van der Waals surface area (Å²) < 4.78 is 1.07. The number of halogens is 1. The number of carbonyl (C=O) groups excluding carboxylic acids is 1. The molecular weight excluding hydrogens is 329 g/mol. The zero-order chi connectivity index (χ0) is 12.1. The molecule has 0 radical (unpaired) electrons. The minimum Gasteiger partial charge on any atom is -0.325 e. The Hall–Kier alpha value is -0.850. The van der Waals surface area contributed by atoms with Gasteiger partial charge in [-0.3, -0.25) is 5.32 Å². The molecule has 1 N–H and O–H groups in total. The van der Waals surface area contributed by atoms with Gasteiger partial charge in [-0.15, -0.1) is 0 Å². The molecule has 2 rings (SSSR count). The Labute approximate surface area is 115 Å². The molecule has 2 amide bonds. The number of nitrogens with zero attached hydrogens (tertiary/aromatic N) is 2. The number of amides is 2. The lowest BCUT2D eigenvalue weighted by molar-refractivity contribution is 0.213. The summed E-state index contributed by atoms with van der Waals surface area (Å²) in [6.45, 7) is 1.71. The molecule has 0 spiro atoms. The van der Waals surface area contributed by atoms with Crippen LogP contribution in [0.4, 0.5) is 10.6 Å². The molecule has 0 aliphatic carbocycles. The third-order valence-electron chi connectivity index (χ3n) is 2.86. The van der Waals surface area contributed by atoms with Crippen molar-refractivity contribution in [3.05, 3.63) is 21.9 Å². The van der Waals surface area contributed by atoms with E-state index in [0.717, 1.165) is 29.5 Å². The predicted molar refractivity (Wildman–Crippen MR) is 76.0 cm³/mol. The second kappa shape index (κ2) is 6.18. The van der Waals surface area contributed by atoms with E-state index in [1.54, 1.807) is 6.20 Å². The van der Waals surface area contributed by atoms with Crippen LogP contribution in [0.25, 0.3) is 0 Å². The van der Waals surface area contributed by atoms with Gasteiger partial charge in [-0.05, 0) is 47.6 Å². The number of anilines is 1. The fraction of sp³-hybridized carbons (Fsp3) is 0.500. The largest absolute Gasteiger partial charge is 0.325 e. The molecule has 17 heavy (non-hydrogen) atoms. The molecular formula is C12H16IN3O. The van der Waals surface area contributed by atoms with E-state index < -0.39 is 0 Å². The smallest absolute Gasteiger partial charge is 0.323 e. The van der Waals surface area contributed by atoms with Gasteiger partial charge in [-0.1, -0.05) is 12.8 Å². The first-order valence-corrected chi connectivity index (χ1v) is 7.01. The quantitative estimate of drug-likeness (QED) is 0.795. The van der Waals surface area contributed by atoms with E-state index in [2.05, 4.69) is 32.9 Å². The van der Waals surface area contributed by atoms with Crippen molar-refractivity contribution >= 4 is 34.4 Å². The number of pyridine rings is 1. The second-order valence-electron chi connectivity index (χ2n) is 4.19. The van der Waals surface area contributed by atoms with Gasteiger partial charge in [-0.2, -0.15) is 0 Å². The summed E-state index contributed by atoms with van der Waals surface area (Å²) in [5, 5.41) is 2.84. The third kappa shape index (κ3) is 3.83. The van der Waals surface area contributed by atoms with Crippen LogP contribution in [0.3, 0.4) is 0 Å². The maximum atomic E-state index is 12.0. The molecule has 1 aliphatic rings. The van der Waals surface area contributed by atoms with Crippen LogP contribution in [0.5, 0.6) is 0 Å². The molecule has 5 heteroatoms. The number of likely N-dealkylation sites (tertiary alicyclic amines) is 1. The van der Waals surface area contributed by atoms with E-state index in [1.165, 1.54) is 12.8 Å². The van der Waals surface area contributed by atoms with E-state index in [-0.39, 0.29) is 6.03 Å². The minimum absolute atomic E-state index is 0.0272. The second-order valence-corrected chi connectivity index (χ2v) is 5.44. The number of carbonyl (C=O) groups is 1. The topological polar surface area (TPSA) is 45.2 Å². The fourth-order valence-electron chi connectivity index (χ4n) is 1.91. The van der Waals surface area contributed by atoms with Crippen LogP contribution in [0.1, 0.15) is 25.7 Å². The van der Waals surface area contributed by atoms with Gasteiger partial charge in [0.05, 0.1) is 0 Å². The predicted octanol–water partition coefficient (Wildman–Crippen LogP) is 3.09. The van der Waals surface area contributed by atoms with Crippen molar-refractivity contribution in [3.8, 4) is 0 Å². The molecule has 0 unspecified atom stereocenters. The minimum atomic E-state index is -0.0272. The number of urea groups is 1. The third-order valence-corrected chi connectivity index (χ3v) is 3.49. The van der Waals surface area contributed by atoms with E-state index in [0.29, 0.717) is 5.82 Å².